The number of carbonyl (C=O) groups excluding carboxylic acids is 2. The van der Waals surface area contributed by atoms with Crippen LogP contribution in [0.15, 0.2) is 10.3 Å². The highest BCUT2D eigenvalue weighted by molar-refractivity contribution is 5.89. The van der Waals surface area contributed by atoms with Crippen LogP contribution < -0.4 is 0 Å². The molecule has 6 aliphatic heterocycles. The number of hydrogen-bond acceptors (Lipinski definition) is 30. The van der Waals surface area contributed by atoms with Gasteiger partial charge in [0.05, 0.1) is 107 Å². The van der Waals surface area contributed by atoms with E-state index in [0.717, 1.165) is 0 Å². The minimum atomic E-state index is -2.10. The van der Waals surface area contributed by atoms with Crippen molar-refractivity contribution in [1.29, 1.82) is 0 Å². The summed E-state index contributed by atoms with van der Waals surface area (Å²) in [5.41, 5.74) is -9.80. The van der Waals surface area contributed by atoms with E-state index in [0.29, 0.717) is 25.7 Å². The molecule has 0 spiro atoms. The molecule has 0 amide bonds. The molecule has 6 rings (SSSR count). The second kappa shape index (κ2) is 38.6. The fourth-order valence-corrected chi connectivity index (χ4v) is 17.8. The molecule has 0 radical (unpaired) electrons. The third kappa shape index (κ3) is 21.7. The Bertz CT molecular complexity index is 2690. The third-order valence-corrected chi connectivity index (χ3v) is 24.8. The molecular weight excluding hydrogens is 1410 g/mol. The summed E-state index contributed by atoms with van der Waals surface area (Å²) in [6.07, 6.45) is -20.8. The Morgan fingerprint density at radius 1 is 0.463 bits per heavy atom. The minimum Gasteiger partial charge on any atom is -0.459 e. The van der Waals surface area contributed by atoms with Gasteiger partial charge in [-0.2, -0.15) is 0 Å². The second-order valence-electron chi connectivity index (χ2n) is 34.5. The Morgan fingerprint density at radius 3 is 1.08 bits per heavy atom. The number of rotatable bonds is 21. The van der Waals surface area contributed by atoms with Gasteiger partial charge < -0.3 is 127 Å². The van der Waals surface area contributed by atoms with Crippen molar-refractivity contribution in [3.8, 4) is 0 Å². The van der Waals surface area contributed by atoms with Gasteiger partial charge in [0.15, 0.2) is 25.2 Å². The number of ether oxygens (including phenoxy) is 12. The monoisotopic (exact) mass is 1550 g/mol. The number of oxime groups is 2. The van der Waals surface area contributed by atoms with Gasteiger partial charge in [-0.05, 0) is 163 Å². The molecule has 108 heavy (non-hydrogen) atoms. The summed E-state index contributed by atoms with van der Waals surface area (Å²) in [6.45, 7) is 33.4. The number of aliphatic hydroxyl groups excluding tert-OH is 6. The average Bonchev–Trinajstić information content (AvgIpc) is 0.770. The van der Waals surface area contributed by atoms with E-state index in [-0.39, 0.29) is 75.4 Å². The molecule has 630 valence electrons. The van der Waals surface area contributed by atoms with E-state index >= 15 is 0 Å². The number of esters is 2. The maximum Gasteiger partial charge on any atom is 0.311 e. The highest BCUT2D eigenvalue weighted by atomic mass is 16.7. The number of aliphatic hydroxyl groups is 10. The van der Waals surface area contributed by atoms with E-state index in [2.05, 4.69) is 10.3 Å². The molecule has 0 aromatic carbocycles. The molecule has 36 atom stereocenters. The third-order valence-electron chi connectivity index (χ3n) is 24.8. The zero-order valence-electron chi connectivity index (χ0n) is 69.6. The minimum absolute atomic E-state index is 0.0198. The van der Waals surface area contributed by atoms with E-state index in [4.69, 9.17) is 66.5 Å². The van der Waals surface area contributed by atoms with Crippen LogP contribution in [0.4, 0.5) is 0 Å². The summed E-state index contributed by atoms with van der Waals surface area (Å²) < 4.78 is 76.8. The first-order valence-corrected chi connectivity index (χ1v) is 39.5. The van der Waals surface area contributed by atoms with Gasteiger partial charge in [0.1, 0.15) is 61.0 Å². The number of nitrogens with zero attached hydrogens (tertiary/aromatic N) is 4. The number of likely N-dealkylation sites (N-methyl/N-ethyl adjacent to an activating group) is 2. The summed E-state index contributed by atoms with van der Waals surface area (Å²) in [5, 5.41) is 132. The van der Waals surface area contributed by atoms with Crippen molar-refractivity contribution in [3.05, 3.63) is 0 Å². The first-order valence-electron chi connectivity index (χ1n) is 39.5. The van der Waals surface area contributed by atoms with Crippen molar-refractivity contribution in [1.82, 2.24) is 9.80 Å². The van der Waals surface area contributed by atoms with Crippen molar-refractivity contribution >= 4 is 23.4 Å². The number of hydrogen-bond donors (Lipinski definition) is 10. The average molecular weight is 1550 g/mol. The van der Waals surface area contributed by atoms with Crippen LogP contribution in [0.2, 0.25) is 0 Å². The summed E-state index contributed by atoms with van der Waals surface area (Å²) in [6, 6.07) is -0.818. The molecule has 6 saturated heterocycles. The fraction of sp³-hybridized carbons (Fsp3) is 0.949. The van der Waals surface area contributed by atoms with Gasteiger partial charge in [-0.15, -0.1) is 0 Å². The van der Waals surface area contributed by atoms with Crippen LogP contribution in [0.1, 0.15) is 203 Å². The van der Waals surface area contributed by atoms with E-state index in [1.54, 1.807) is 111 Å². The molecule has 0 aromatic heterocycles. The largest absolute Gasteiger partial charge is 0.459 e. The van der Waals surface area contributed by atoms with Gasteiger partial charge in [0.25, 0.3) is 0 Å². The molecule has 6 fully saturated rings. The predicted octanol–water partition coefficient (Wildman–Crippen LogP) is 4.97. The van der Waals surface area contributed by atoms with Crippen molar-refractivity contribution < 1.29 is 127 Å². The number of carbonyl (C=O) groups is 2. The molecule has 0 bridgehead atoms. The quantitative estimate of drug-likeness (QED) is 0.0412. The Kier molecular flexibility index (Phi) is 33.6. The molecule has 10 N–H and O–H groups in total. The molecule has 4 unspecified atom stereocenters. The van der Waals surface area contributed by atoms with Gasteiger partial charge in [-0.25, -0.2) is 0 Å². The second-order valence-corrected chi connectivity index (χ2v) is 34.5. The van der Waals surface area contributed by atoms with Crippen LogP contribution in [0.25, 0.3) is 0 Å². The van der Waals surface area contributed by atoms with Gasteiger partial charge >= 0.3 is 11.9 Å². The number of methoxy groups -OCH3 is 2. The lowest BCUT2D eigenvalue weighted by atomic mass is 9.73. The van der Waals surface area contributed by atoms with Crippen LogP contribution in [-0.2, 0) is 76.1 Å². The molecule has 0 aliphatic carbocycles. The van der Waals surface area contributed by atoms with Crippen molar-refractivity contribution in [3.63, 3.8) is 0 Å². The predicted molar refractivity (Wildman–Crippen MR) is 399 cm³/mol. The van der Waals surface area contributed by atoms with Gasteiger partial charge in [-0.1, -0.05) is 65.7 Å². The number of unbranched alkanes of at least 4 members (excludes halogenated alkanes) is 1. The standard InChI is InChI=1S/C78H142N4O26/c1-27-53-77(19,93)63(85)43(7)57(39(3)35-73(15,91)67(107-71-59(83)51(81(21)22)33-41(5)99-71)45(9)61(47(11)69(89)103-53)105-55-37-75(17,95-25)65(87)49(13)101-55)79-97-31-29-30-32-98-80-58-40(4)36-74(16,92)68(108-72-60(84)52(82(23)24)34-42(6)100-72)46(10)62(106-56-38-76(18,96-26)66(88)50(14)102-56)48(12)70(90)104-54(28-2)78(20,94)64(86)44(58)8/h39-56,59-68,71-72,83-88,91-94H,27-38H2,1-26H3/b79-57+,80-58+/t39-,40+,41-,42+,43-,44+,45-,46-,47+,48+,49+,50-,51+,52-,53+,54-,55?,56?,59-,60+,61-,62-,63-,64+,65+,66-,67-,68+,71?,72?,73-,74+,75-,76+,77-,78+/m0/s1. The highest BCUT2D eigenvalue weighted by Crippen LogP contribution is 2.45. The molecular formula is C78H142N4O26. The molecule has 6 aliphatic rings. The van der Waals surface area contributed by atoms with E-state index in [1.807, 2.05) is 51.8 Å². The van der Waals surface area contributed by atoms with Crippen LogP contribution in [0, 0.1) is 47.3 Å². The van der Waals surface area contributed by atoms with E-state index in [1.165, 1.54) is 28.1 Å². The van der Waals surface area contributed by atoms with E-state index < -0.39 is 216 Å². The number of cyclic esters (lactones) is 2. The molecule has 30 nitrogen and oxygen atoms in total. The van der Waals surface area contributed by atoms with Crippen molar-refractivity contribution in [2.24, 2.45) is 57.7 Å². The lowest BCUT2D eigenvalue weighted by Crippen LogP contribution is -2.61. The Balaban J connectivity index is 1.33. The lowest BCUT2D eigenvalue weighted by molar-refractivity contribution is -0.318. The summed E-state index contributed by atoms with van der Waals surface area (Å²) in [4.78, 5) is 45.6. The summed E-state index contributed by atoms with van der Waals surface area (Å²) in [7, 11) is 10.3. The smallest absolute Gasteiger partial charge is 0.311 e. The zero-order chi connectivity index (χ0) is 81.6. The van der Waals surface area contributed by atoms with Crippen molar-refractivity contribution in [2.75, 3.05) is 55.6 Å². The SMILES string of the molecule is CC[C@@H]1OC(=O)[C@H](C)[C@@H](OC2C[C@@](C)(OC)[C@@H](O)[C@H](C)O2)[C@H](C)[C@@H](OC2O[C@H](C)C[C@H](N(C)C)[C@H]2O)[C@](C)(O)C[C@@H](C)/C(=N\OCCCCO/N=C2\[C@@H](C)C[C@](C)(O)[C@@H](OC3O[C@@H](C)C[C@@H](N(C)C)[C@@H]3O)[C@@H](C)[C@H](OC3C[C@](C)(OC)[C@H](O)[C@@H](C)O3)[C@@H](C)C(=O)O[C@H](CC)[C@](C)(O)[C@@H](O)[C@H]2C)[C@@H](C)[C@@H](O)[C@]1(C)O. The zero-order valence-corrected chi connectivity index (χ0v) is 69.6. The topological polar surface area (TPSA) is 397 Å². The summed E-state index contributed by atoms with van der Waals surface area (Å²) in [5.74, 6) is -9.32. The van der Waals surface area contributed by atoms with Crippen LogP contribution in [-0.4, -0.2) is 308 Å². The van der Waals surface area contributed by atoms with Crippen molar-refractivity contribution in [2.45, 2.75) is 371 Å². The van der Waals surface area contributed by atoms with E-state index in [9.17, 15) is 60.7 Å². The van der Waals surface area contributed by atoms with Gasteiger partial charge in [0.2, 0.25) is 0 Å². The highest BCUT2D eigenvalue weighted by Gasteiger charge is 2.57. The van der Waals surface area contributed by atoms with Crippen LogP contribution >= 0.6 is 0 Å². The van der Waals surface area contributed by atoms with Gasteiger partial charge in [-0.3, -0.25) is 9.59 Å². The lowest BCUT2D eigenvalue weighted by Gasteiger charge is -2.49. The maximum absolute atomic E-state index is 14.8. The Morgan fingerprint density at radius 2 is 0.787 bits per heavy atom. The first-order chi connectivity index (χ1) is 50.0. The van der Waals surface area contributed by atoms with Crippen LogP contribution in [0.3, 0.4) is 0 Å². The Hall–Kier alpha value is -3.00. The van der Waals surface area contributed by atoms with Gasteiger partial charge in [0, 0.05) is 74.7 Å². The molecule has 0 aromatic rings. The summed E-state index contributed by atoms with van der Waals surface area (Å²) >= 11 is 0. The fourth-order valence-electron chi connectivity index (χ4n) is 17.8. The first kappa shape index (κ1) is 93.9. The van der Waals surface area contributed by atoms with Crippen LogP contribution in [0.5, 0.6) is 0 Å². The maximum atomic E-state index is 14.8. The normalized spacial score (nSPS) is 48.5. The molecule has 6 heterocycles. The Labute approximate surface area is 642 Å². The molecule has 30 heteroatoms. The molecule has 0 saturated carbocycles.